The smallest absolute Gasteiger partial charge is 0.376 e. The zero-order valence-electron chi connectivity index (χ0n) is 13.7. The van der Waals surface area contributed by atoms with Crippen LogP contribution in [-0.2, 0) is 11.0 Å². The second kappa shape index (κ2) is 7.48. The van der Waals surface area contributed by atoms with Crippen LogP contribution in [0.15, 0.2) is 52.9 Å². The summed E-state index contributed by atoms with van der Waals surface area (Å²) in [5.41, 5.74) is 2.45. The van der Waals surface area contributed by atoms with E-state index in [4.69, 9.17) is 0 Å². The van der Waals surface area contributed by atoms with Crippen LogP contribution in [0.1, 0.15) is 5.56 Å². The maximum atomic E-state index is 13.3. The van der Waals surface area contributed by atoms with Gasteiger partial charge in [-0.15, -0.1) is 0 Å². The molecule has 3 rings (SSSR count). The first-order chi connectivity index (χ1) is 12.8. The minimum Gasteiger partial charge on any atom is -0.376 e. The molecule has 0 radical (unpaired) electrons. The van der Waals surface area contributed by atoms with Gasteiger partial charge in [0, 0.05) is 11.4 Å². The van der Waals surface area contributed by atoms with Gasteiger partial charge in [-0.05, 0) is 41.6 Å². The van der Waals surface area contributed by atoms with Crippen molar-refractivity contribution < 1.29 is 22.4 Å². The lowest BCUT2D eigenvalue weighted by molar-refractivity contribution is -0.140. The number of benzene rings is 2. The van der Waals surface area contributed by atoms with Crippen LogP contribution in [0.5, 0.6) is 0 Å². The molecule has 2 aromatic carbocycles. The Balaban J connectivity index is 1.60. The zero-order valence-corrected chi connectivity index (χ0v) is 13.7. The molecule has 1 heterocycles. The van der Waals surface area contributed by atoms with Crippen molar-refractivity contribution in [1.82, 2.24) is 5.43 Å². The Morgan fingerprint density at radius 2 is 2.00 bits per heavy atom. The minimum absolute atomic E-state index is 0.146. The van der Waals surface area contributed by atoms with Crippen LogP contribution in [-0.4, -0.2) is 19.1 Å². The summed E-state index contributed by atoms with van der Waals surface area (Å²) in [6, 6.07) is 9.28. The van der Waals surface area contributed by atoms with Gasteiger partial charge in [0.25, 0.3) is 0 Å². The first-order valence-electron chi connectivity index (χ1n) is 7.74. The Bertz CT molecular complexity index is 870. The van der Waals surface area contributed by atoms with E-state index in [1.54, 1.807) is 29.3 Å². The molecule has 0 atom stereocenters. The fourth-order valence-electron chi connectivity index (χ4n) is 2.34. The lowest BCUT2D eigenvalue weighted by Crippen LogP contribution is -2.22. The summed E-state index contributed by atoms with van der Waals surface area (Å²) in [5.74, 6) is -1.98. The van der Waals surface area contributed by atoms with Crippen LogP contribution in [0, 0.1) is 5.82 Å². The third kappa shape index (κ3) is 4.63. The molecule has 1 aliphatic rings. The molecule has 1 amide bonds. The Morgan fingerprint density at radius 1 is 1.19 bits per heavy atom. The molecular weight excluding hydrogens is 368 g/mol. The number of anilines is 3. The zero-order chi connectivity index (χ0) is 19.4. The number of halogens is 4. The third-order valence-corrected chi connectivity index (χ3v) is 3.60. The van der Waals surface area contributed by atoms with Crippen molar-refractivity contribution in [2.24, 2.45) is 10.4 Å². The molecule has 0 saturated carbocycles. The first-order valence-corrected chi connectivity index (χ1v) is 7.74. The number of rotatable bonds is 5. The van der Waals surface area contributed by atoms with Crippen LogP contribution in [0.4, 0.5) is 34.6 Å². The molecule has 11 heteroatoms. The number of nitrogens with one attached hydrogen (secondary N) is 3. The normalized spacial score (nSPS) is 13.4. The Morgan fingerprint density at radius 3 is 2.70 bits per heavy atom. The van der Waals surface area contributed by atoms with Crippen LogP contribution in [0.3, 0.4) is 0 Å². The number of nitrogens with zero attached hydrogens (tertiary/aromatic N) is 3. The molecule has 2 aromatic rings. The summed E-state index contributed by atoms with van der Waals surface area (Å²) in [7, 11) is 0. The molecule has 142 valence electrons. The van der Waals surface area contributed by atoms with Crippen LogP contribution in [0.25, 0.3) is 0 Å². The monoisotopic (exact) mass is 382 g/mol. The summed E-state index contributed by atoms with van der Waals surface area (Å²) in [5, 5.41) is 14.2. The highest BCUT2D eigenvalue weighted by Gasteiger charge is 2.34. The summed E-state index contributed by atoms with van der Waals surface area (Å²) in [6.07, 6.45) is -4.84. The van der Waals surface area contributed by atoms with E-state index in [-0.39, 0.29) is 12.2 Å². The van der Waals surface area contributed by atoms with E-state index in [9.17, 15) is 22.4 Å². The molecule has 7 nitrogen and oxygen atoms in total. The summed E-state index contributed by atoms with van der Waals surface area (Å²) in [6.45, 7) is 0.220. The summed E-state index contributed by atoms with van der Waals surface area (Å²) >= 11 is 0. The van der Waals surface area contributed by atoms with Gasteiger partial charge < -0.3 is 10.6 Å². The third-order valence-electron chi connectivity index (χ3n) is 3.60. The van der Waals surface area contributed by atoms with Gasteiger partial charge in [0.15, 0.2) is 0 Å². The van der Waals surface area contributed by atoms with Crippen molar-refractivity contribution in [2.75, 3.05) is 28.9 Å². The maximum Gasteiger partial charge on any atom is 0.419 e. The van der Waals surface area contributed by atoms with E-state index in [0.717, 1.165) is 11.8 Å². The number of hydrogen-bond acceptors (Lipinski definition) is 6. The van der Waals surface area contributed by atoms with Crippen molar-refractivity contribution in [2.45, 2.75) is 6.18 Å². The van der Waals surface area contributed by atoms with E-state index in [2.05, 4.69) is 26.5 Å². The molecule has 0 aromatic heterocycles. The van der Waals surface area contributed by atoms with Crippen molar-refractivity contribution in [3.63, 3.8) is 0 Å². The largest absolute Gasteiger partial charge is 0.419 e. The van der Waals surface area contributed by atoms with Crippen molar-refractivity contribution >= 4 is 23.0 Å². The molecule has 1 aliphatic heterocycles. The molecule has 0 fully saturated rings. The van der Waals surface area contributed by atoms with E-state index < -0.39 is 23.5 Å². The van der Waals surface area contributed by atoms with Gasteiger partial charge in [-0.25, -0.2) is 9.40 Å². The lowest BCUT2D eigenvalue weighted by Gasteiger charge is -2.14. The van der Waals surface area contributed by atoms with Crippen molar-refractivity contribution in [3.8, 4) is 0 Å². The molecule has 0 bridgehead atoms. The fourth-order valence-corrected chi connectivity index (χ4v) is 2.34. The molecule has 0 aliphatic carbocycles. The minimum atomic E-state index is -4.84. The predicted octanol–water partition coefficient (Wildman–Crippen LogP) is 3.54. The van der Waals surface area contributed by atoms with Gasteiger partial charge in [-0.2, -0.15) is 13.2 Å². The lowest BCUT2D eigenvalue weighted by atomic mass is 10.2. The number of carbonyl (C=O) groups excluding carboxylic acids is 1. The van der Waals surface area contributed by atoms with Gasteiger partial charge in [-0.1, -0.05) is 11.3 Å². The summed E-state index contributed by atoms with van der Waals surface area (Å²) in [4.78, 5) is 12.0. The first kappa shape index (κ1) is 18.4. The number of hydrogen-bond donors (Lipinski definition) is 3. The van der Waals surface area contributed by atoms with Crippen LogP contribution in [0.2, 0.25) is 0 Å². The Kier molecular flexibility index (Phi) is 5.10. The predicted molar refractivity (Wildman–Crippen MR) is 90.3 cm³/mol. The highest BCUT2D eigenvalue weighted by Crippen LogP contribution is 2.33. The van der Waals surface area contributed by atoms with Gasteiger partial charge in [-0.3, -0.25) is 10.2 Å². The molecule has 0 saturated heterocycles. The standard InChI is InChI=1S/C16H14F4N6O/c17-14-5-4-11(7-13(14)16(18,19)20)23-15(27)8-21-10-2-1-3-12(6-10)26-9-22-24-25-26/h1-7,21H,8-9H2,(H,22,25)(H,23,27). The Labute approximate surface area is 151 Å². The van der Waals surface area contributed by atoms with Crippen LogP contribution < -0.4 is 21.1 Å². The van der Waals surface area contributed by atoms with E-state index in [0.29, 0.717) is 24.5 Å². The van der Waals surface area contributed by atoms with Gasteiger partial charge in [0.2, 0.25) is 5.91 Å². The highest BCUT2D eigenvalue weighted by molar-refractivity contribution is 5.93. The molecule has 3 N–H and O–H groups in total. The average Bonchev–Trinajstić information content (AvgIpc) is 3.16. The highest BCUT2D eigenvalue weighted by atomic mass is 19.4. The molecule has 0 spiro atoms. The quantitative estimate of drug-likeness (QED) is 0.691. The van der Waals surface area contributed by atoms with Crippen molar-refractivity contribution in [1.29, 1.82) is 0 Å². The van der Waals surface area contributed by atoms with E-state index in [1.165, 1.54) is 0 Å². The number of amides is 1. The van der Waals surface area contributed by atoms with Crippen LogP contribution >= 0.6 is 0 Å². The maximum absolute atomic E-state index is 13.3. The SMILES string of the molecule is O=C(CNc1cccc(N2CNN=N2)c1)Nc1ccc(F)c(C(F)(F)F)c1. The van der Waals surface area contributed by atoms with Crippen molar-refractivity contribution in [3.05, 3.63) is 53.8 Å². The number of carbonyl (C=O) groups is 1. The van der Waals surface area contributed by atoms with E-state index in [1.807, 2.05) is 0 Å². The molecule has 0 unspecified atom stereocenters. The average molecular weight is 382 g/mol. The van der Waals surface area contributed by atoms with E-state index >= 15 is 0 Å². The fraction of sp³-hybridized carbons (Fsp3) is 0.188. The van der Waals surface area contributed by atoms with Gasteiger partial charge >= 0.3 is 6.18 Å². The Hall–Kier alpha value is -3.37. The number of alkyl halides is 3. The molecule has 27 heavy (non-hydrogen) atoms. The summed E-state index contributed by atoms with van der Waals surface area (Å²) < 4.78 is 51.4. The van der Waals surface area contributed by atoms with Gasteiger partial charge in [0.1, 0.15) is 12.5 Å². The van der Waals surface area contributed by atoms with Gasteiger partial charge in [0.05, 0.1) is 17.8 Å². The topological polar surface area (TPSA) is 81.1 Å². The molecular formula is C16H14F4N6O. The second-order valence-corrected chi connectivity index (χ2v) is 5.55. The second-order valence-electron chi connectivity index (χ2n) is 5.55.